The Morgan fingerprint density at radius 3 is 2.70 bits per heavy atom. The van der Waals surface area contributed by atoms with Gasteiger partial charge in [-0.3, -0.25) is 4.90 Å². The quantitative estimate of drug-likeness (QED) is 0.401. The fraction of sp³-hybridized carbons (Fsp3) is 0.750. The Morgan fingerprint density at radius 2 is 2.10 bits per heavy atom. The third-order valence-electron chi connectivity index (χ3n) is 2.46. The number of piperidine rings is 1. The maximum absolute atomic E-state index is 5.06. The summed E-state index contributed by atoms with van der Waals surface area (Å²) < 4.78 is 0. The molecule has 0 amide bonds. The van der Waals surface area contributed by atoms with Crippen molar-refractivity contribution in [2.24, 2.45) is 17.6 Å². The van der Waals surface area contributed by atoms with Crippen LogP contribution in [0.15, 0.2) is 0 Å². The van der Waals surface area contributed by atoms with Gasteiger partial charge in [0.25, 0.3) is 0 Å². The Labute approximate surface area is 61.4 Å². The number of nitrogens with zero attached hydrogens (tertiary/aromatic N) is 1. The van der Waals surface area contributed by atoms with Gasteiger partial charge in [-0.05, 0) is 18.3 Å². The standard InChI is InChI=1S/C8H12N2/c9-2-1-3-10-5-7-4-8(7)6-10/h7-8H,3-6,9H2. The van der Waals surface area contributed by atoms with Crippen LogP contribution < -0.4 is 5.73 Å². The van der Waals surface area contributed by atoms with Crippen LogP contribution >= 0.6 is 0 Å². The zero-order chi connectivity index (χ0) is 6.97. The first-order valence-electron chi connectivity index (χ1n) is 3.81. The maximum atomic E-state index is 5.06. The van der Waals surface area contributed by atoms with Gasteiger partial charge in [0, 0.05) is 19.1 Å². The zero-order valence-corrected chi connectivity index (χ0v) is 6.01. The summed E-state index contributed by atoms with van der Waals surface area (Å²) in [5, 5.41) is 0. The molecule has 1 saturated heterocycles. The smallest absolute Gasteiger partial charge is 0.0620 e. The van der Waals surface area contributed by atoms with Gasteiger partial charge >= 0.3 is 0 Å². The third-order valence-corrected chi connectivity index (χ3v) is 2.46. The Morgan fingerprint density at radius 1 is 1.40 bits per heavy atom. The van der Waals surface area contributed by atoms with Crippen LogP contribution in [0.2, 0.25) is 0 Å². The Bertz CT molecular complexity index is 179. The van der Waals surface area contributed by atoms with Crippen molar-refractivity contribution in [3.63, 3.8) is 0 Å². The number of fused-ring (bicyclic) bond motifs is 1. The van der Waals surface area contributed by atoms with Gasteiger partial charge in [-0.2, -0.15) is 0 Å². The number of nitrogens with two attached hydrogens (primary N) is 1. The van der Waals surface area contributed by atoms with E-state index in [-0.39, 0.29) is 0 Å². The van der Waals surface area contributed by atoms with Crippen molar-refractivity contribution in [2.75, 3.05) is 19.6 Å². The molecule has 1 saturated carbocycles. The molecule has 1 aliphatic heterocycles. The van der Waals surface area contributed by atoms with Crippen LogP contribution in [0.1, 0.15) is 6.42 Å². The topological polar surface area (TPSA) is 29.3 Å². The molecule has 1 aliphatic carbocycles. The highest BCUT2D eigenvalue weighted by atomic mass is 15.2. The number of hydrogen-bond acceptors (Lipinski definition) is 2. The van der Waals surface area contributed by atoms with Gasteiger partial charge in [-0.15, -0.1) is 0 Å². The molecule has 0 aromatic carbocycles. The van der Waals surface area contributed by atoms with Crippen molar-refractivity contribution < 1.29 is 0 Å². The minimum atomic E-state index is 0.878. The van der Waals surface area contributed by atoms with E-state index in [2.05, 4.69) is 16.9 Å². The minimum absolute atomic E-state index is 0.878. The van der Waals surface area contributed by atoms with Crippen LogP contribution in [-0.2, 0) is 0 Å². The van der Waals surface area contributed by atoms with E-state index in [1.165, 1.54) is 19.5 Å². The lowest BCUT2D eigenvalue weighted by atomic mass is 10.4. The average molecular weight is 136 g/mol. The molecule has 2 heteroatoms. The zero-order valence-electron chi connectivity index (χ0n) is 6.01. The van der Waals surface area contributed by atoms with Crippen LogP contribution in [-0.4, -0.2) is 24.5 Å². The SMILES string of the molecule is NC#CCN1CC2CC2C1. The molecular formula is C8H12N2. The van der Waals surface area contributed by atoms with Crippen LogP contribution in [0.25, 0.3) is 0 Å². The Kier molecular flexibility index (Phi) is 1.32. The lowest BCUT2D eigenvalue weighted by Gasteiger charge is -2.12. The van der Waals surface area contributed by atoms with E-state index < -0.39 is 0 Å². The van der Waals surface area contributed by atoms with Gasteiger partial charge in [0.15, 0.2) is 0 Å². The highest BCUT2D eigenvalue weighted by molar-refractivity contribution is 5.03. The highest BCUT2D eigenvalue weighted by Crippen LogP contribution is 2.44. The Hall–Kier alpha value is -0.680. The van der Waals surface area contributed by atoms with E-state index in [4.69, 9.17) is 5.73 Å². The largest absolute Gasteiger partial charge is 0.359 e. The predicted molar refractivity (Wildman–Crippen MR) is 40.0 cm³/mol. The fourth-order valence-corrected chi connectivity index (χ4v) is 1.78. The van der Waals surface area contributed by atoms with Crippen molar-refractivity contribution in [3.8, 4) is 12.0 Å². The maximum Gasteiger partial charge on any atom is 0.0620 e. The van der Waals surface area contributed by atoms with Crippen LogP contribution in [0.4, 0.5) is 0 Å². The number of hydrogen-bond donors (Lipinski definition) is 1. The van der Waals surface area contributed by atoms with Crippen molar-refractivity contribution in [2.45, 2.75) is 6.42 Å². The van der Waals surface area contributed by atoms with Gasteiger partial charge in [0.05, 0.1) is 6.54 Å². The van der Waals surface area contributed by atoms with E-state index in [1.807, 2.05) is 0 Å². The molecule has 0 spiro atoms. The van der Waals surface area contributed by atoms with E-state index >= 15 is 0 Å². The first-order valence-corrected chi connectivity index (χ1v) is 3.81. The molecule has 10 heavy (non-hydrogen) atoms. The van der Waals surface area contributed by atoms with Crippen molar-refractivity contribution in [1.82, 2.24) is 4.90 Å². The fourth-order valence-electron chi connectivity index (χ4n) is 1.78. The van der Waals surface area contributed by atoms with Crippen LogP contribution in [0.5, 0.6) is 0 Å². The average Bonchev–Trinajstić information content (AvgIpc) is 2.56. The molecule has 0 aromatic heterocycles. The summed E-state index contributed by atoms with van der Waals surface area (Å²) >= 11 is 0. The lowest BCUT2D eigenvalue weighted by Crippen LogP contribution is -2.22. The summed E-state index contributed by atoms with van der Waals surface area (Å²) in [4.78, 5) is 2.39. The van der Waals surface area contributed by atoms with Crippen molar-refractivity contribution >= 4 is 0 Å². The van der Waals surface area contributed by atoms with Gasteiger partial charge in [-0.1, -0.05) is 5.92 Å². The molecule has 2 rings (SSSR count). The molecule has 0 radical (unpaired) electrons. The summed E-state index contributed by atoms with van der Waals surface area (Å²) in [7, 11) is 0. The van der Waals surface area contributed by atoms with Crippen molar-refractivity contribution in [3.05, 3.63) is 0 Å². The van der Waals surface area contributed by atoms with E-state index in [0.29, 0.717) is 0 Å². The molecule has 2 fully saturated rings. The normalized spacial score (nSPS) is 36.4. The summed E-state index contributed by atoms with van der Waals surface area (Å²) in [5.74, 6) is 4.91. The number of rotatable bonds is 1. The third kappa shape index (κ3) is 0.975. The molecule has 2 nitrogen and oxygen atoms in total. The van der Waals surface area contributed by atoms with Gasteiger partial charge in [0.1, 0.15) is 0 Å². The Balaban J connectivity index is 1.79. The number of likely N-dealkylation sites (tertiary alicyclic amines) is 1. The molecule has 0 bridgehead atoms. The molecule has 54 valence electrons. The first-order chi connectivity index (χ1) is 4.90. The van der Waals surface area contributed by atoms with Gasteiger partial charge < -0.3 is 5.73 Å². The molecule has 2 aliphatic rings. The van der Waals surface area contributed by atoms with E-state index in [9.17, 15) is 0 Å². The lowest BCUT2D eigenvalue weighted by molar-refractivity contribution is 0.343. The van der Waals surface area contributed by atoms with Gasteiger partial charge in [-0.25, -0.2) is 0 Å². The molecule has 2 unspecified atom stereocenters. The first kappa shape index (κ1) is 6.06. The molecule has 1 heterocycles. The van der Waals surface area contributed by atoms with Crippen molar-refractivity contribution in [1.29, 1.82) is 0 Å². The van der Waals surface area contributed by atoms with E-state index in [1.54, 1.807) is 0 Å². The summed E-state index contributed by atoms with van der Waals surface area (Å²) in [6.45, 7) is 3.40. The molecule has 2 N–H and O–H groups in total. The second-order valence-corrected chi connectivity index (χ2v) is 3.27. The molecule has 0 aromatic rings. The molecule has 2 atom stereocenters. The summed E-state index contributed by atoms with van der Waals surface area (Å²) in [6, 6.07) is 2.43. The second-order valence-electron chi connectivity index (χ2n) is 3.27. The van der Waals surface area contributed by atoms with Gasteiger partial charge in [0.2, 0.25) is 0 Å². The molecular weight excluding hydrogens is 124 g/mol. The monoisotopic (exact) mass is 136 g/mol. The summed E-state index contributed by atoms with van der Waals surface area (Å²) in [5.41, 5.74) is 5.06. The van der Waals surface area contributed by atoms with E-state index in [0.717, 1.165) is 18.4 Å². The van der Waals surface area contributed by atoms with Crippen LogP contribution in [0.3, 0.4) is 0 Å². The second kappa shape index (κ2) is 2.17. The summed E-state index contributed by atoms with van der Waals surface area (Å²) in [6.07, 6.45) is 1.46. The predicted octanol–water partition coefficient (Wildman–Crippen LogP) is -0.142. The van der Waals surface area contributed by atoms with Crippen LogP contribution in [0, 0.1) is 23.8 Å². The highest BCUT2D eigenvalue weighted by Gasteiger charge is 2.44. The minimum Gasteiger partial charge on any atom is -0.359 e.